The molecule has 0 aliphatic carbocycles. The SMILES string of the molecule is CC(=O)c1cccc(Nc2cc(C)nc(Nc3ccc(C(C)C)cc3)n2)c1. The lowest BCUT2D eigenvalue weighted by Crippen LogP contribution is -2.03. The molecular weight excluding hydrogens is 336 g/mol. The van der Waals surface area contributed by atoms with Crippen LogP contribution in [0, 0.1) is 6.92 Å². The summed E-state index contributed by atoms with van der Waals surface area (Å²) in [6.07, 6.45) is 0. The molecule has 2 N–H and O–H groups in total. The highest BCUT2D eigenvalue weighted by Gasteiger charge is 2.06. The molecule has 3 aromatic rings. The number of carbonyl (C=O) groups excluding carboxylic acids is 1. The van der Waals surface area contributed by atoms with Crippen molar-refractivity contribution in [2.45, 2.75) is 33.6 Å². The molecule has 27 heavy (non-hydrogen) atoms. The summed E-state index contributed by atoms with van der Waals surface area (Å²) in [4.78, 5) is 20.6. The quantitative estimate of drug-likeness (QED) is 0.560. The standard InChI is InChI=1S/C22H24N4O/c1-14(2)17-8-10-19(11-9-17)25-22-23-15(3)12-21(26-22)24-20-7-5-6-18(13-20)16(4)27/h5-14H,1-4H3,(H2,23,24,25,26). The molecule has 0 saturated heterocycles. The largest absolute Gasteiger partial charge is 0.340 e. The van der Waals surface area contributed by atoms with Gasteiger partial charge in [0, 0.05) is 28.7 Å². The van der Waals surface area contributed by atoms with Crippen LogP contribution in [0.1, 0.15) is 48.3 Å². The van der Waals surface area contributed by atoms with Crippen molar-refractivity contribution in [3.05, 3.63) is 71.4 Å². The third-order valence-corrected chi connectivity index (χ3v) is 4.23. The summed E-state index contributed by atoms with van der Waals surface area (Å²) >= 11 is 0. The zero-order valence-electron chi connectivity index (χ0n) is 16.1. The summed E-state index contributed by atoms with van der Waals surface area (Å²) in [5, 5.41) is 6.50. The van der Waals surface area contributed by atoms with Gasteiger partial charge in [0.1, 0.15) is 5.82 Å². The van der Waals surface area contributed by atoms with Gasteiger partial charge < -0.3 is 10.6 Å². The van der Waals surface area contributed by atoms with E-state index in [1.807, 2.05) is 43.3 Å². The normalized spacial score (nSPS) is 10.7. The third kappa shape index (κ3) is 4.91. The number of anilines is 4. The molecular formula is C22H24N4O. The number of aromatic nitrogens is 2. The van der Waals surface area contributed by atoms with Gasteiger partial charge in [0.05, 0.1) is 0 Å². The van der Waals surface area contributed by atoms with Crippen LogP contribution in [-0.2, 0) is 0 Å². The molecule has 3 rings (SSSR count). The molecule has 0 fully saturated rings. The van der Waals surface area contributed by atoms with Crippen LogP contribution < -0.4 is 10.6 Å². The Morgan fingerprint density at radius 2 is 1.67 bits per heavy atom. The molecule has 0 spiro atoms. The van der Waals surface area contributed by atoms with Gasteiger partial charge in [-0.15, -0.1) is 0 Å². The van der Waals surface area contributed by atoms with Gasteiger partial charge in [0.15, 0.2) is 5.78 Å². The van der Waals surface area contributed by atoms with Crippen LogP contribution in [-0.4, -0.2) is 15.8 Å². The number of carbonyl (C=O) groups is 1. The highest BCUT2D eigenvalue weighted by molar-refractivity contribution is 5.95. The van der Waals surface area contributed by atoms with Crippen molar-refractivity contribution in [3.8, 4) is 0 Å². The van der Waals surface area contributed by atoms with Gasteiger partial charge in [-0.3, -0.25) is 4.79 Å². The molecule has 1 heterocycles. The Kier molecular flexibility index (Phi) is 5.50. The minimum Gasteiger partial charge on any atom is -0.340 e. The molecule has 0 atom stereocenters. The number of rotatable bonds is 6. The summed E-state index contributed by atoms with van der Waals surface area (Å²) in [5.41, 5.74) is 4.55. The average Bonchev–Trinajstić information content (AvgIpc) is 2.62. The minimum atomic E-state index is 0.0321. The predicted octanol–water partition coefficient (Wildman–Crippen LogP) is 5.60. The number of ketones is 1. The lowest BCUT2D eigenvalue weighted by atomic mass is 10.0. The minimum absolute atomic E-state index is 0.0321. The van der Waals surface area contributed by atoms with Crippen molar-refractivity contribution in [2.24, 2.45) is 0 Å². The predicted molar refractivity (Wildman–Crippen MR) is 110 cm³/mol. The highest BCUT2D eigenvalue weighted by atomic mass is 16.1. The second kappa shape index (κ2) is 7.99. The molecule has 0 radical (unpaired) electrons. The van der Waals surface area contributed by atoms with Crippen molar-refractivity contribution in [1.29, 1.82) is 0 Å². The molecule has 0 aliphatic heterocycles. The Labute approximate surface area is 159 Å². The van der Waals surface area contributed by atoms with E-state index in [1.165, 1.54) is 5.56 Å². The molecule has 0 aliphatic rings. The highest BCUT2D eigenvalue weighted by Crippen LogP contribution is 2.22. The molecule has 0 bridgehead atoms. The van der Waals surface area contributed by atoms with Gasteiger partial charge in [0.2, 0.25) is 5.95 Å². The summed E-state index contributed by atoms with van der Waals surface area (Å²) < 4.78 is 0. The first kappa shape index (κ1) is 18.6. The monoisotopic (exact) mass is 360 g/mol. The Balaban J connectivity index is 1.80. The molecule has 0 unspecified atom stereocenters. The second-order valence-corrected chi connectivity index (χ2v) is 6.88. The van der Waals surface area contributed by atoms with Crippen LogP contribution in [0.4, 0.5) is 23.1 Å². The van der Waals surface area contributed by atoms with Gasteiger partial charge in [-0.25, -0.2) is 4.98 Å². The van der Waals surface area contributed by atoms with Crippen molar-refractivity contribution in [3.63, 3.8) is 0 Å². The maximum absolute atomic E-state index is 11.6. The van der Waals surface area contributed by atoms with Crippen LogP contribution >= 0.6 is 0 Å². The van der Waals surface area contributed by atoms with E-state index in [-0.39, 0.29) is 5.78 Å². The van der Waals surface area contributed by atoms with Gasteiger partial charge >= 0.3 is 0 Å². The van der Waals surface area contributed by atoms with Gasteiger partial charge in [-0.1, -0.05) is 38.1 Å². The lowest BCUT2D eigenvalue weighted by molar-refractivity contribution is 0.101. The number of nitrogens with zero attached hydrogens (tertiary/aromatic N) is 2. The molecule has 0 amide bonds. The topological polar surface area (TPSA) is 66.9 Å². The molecule has 1 aromatic heterocycles. The van der Waals surface area contributed by atoms with Gasteiger partial charge in [-0.2, -0.15) is 4.98 Å². The number of aryl methyl sites for hydroxylation is 1. The van der Waals surface area contributed by atoms with Crippen LogP contribution in [0.25, 0.3) is 0 Å². The number of benzene rings is 2. The number of hydrogen-bond donors (Lipinski definition) is 2. The Morgan fingerprint density at radius 3 is 2.33 bits per heavy atom. The zero-order chi connectivity index (χ0) is 19.4. The Hall–Kier alpha value is -3.21. The van der Waals surface area contributed by atoms with Crippen LogP contribution in [0.15, 0.2) is 54.6 Å². The van der Waals surface area contributed by atoms with Gasteiger partial charge in [-0.05, 0) is 49.6 Å². The first-order valence-corrected chi connectivity index (χ1v) is 9.01. The Morgan fingerprint density at radius 1 is 0.926 bits per heavy atom. The fourth-order valence-electron chi connectivity index (χ4n) is 2.73. The van der Waals surface area contributed by atoms with E-state index in [0.717, 1.165) is 17.1 Å². The number of hydrogen-bond acceptors (Lipinski definition) is 5. The van der Waals surface area contributed by atoms with Crippen molar-refractivity contribution in [2.75, 3.05) is 10.6 Å². The summed E-state index contributed by atoms with van der Waals surface area (Å²) in [7, 11) is 0. The maximum Gasteiger partial charge on any atom is 0.229 e. The van der Waals surface area contributed by atoms with Crippen LogP contribution in [0.2, 0.25) is 0 Å². The van der Waals surface area contributed by atoms with E-state index in [4.69, 9.17) is 0 Å². The van der Waals surface area contributed by atoms with E-state index < -0.39 is 0 Å². The van der Waals surface area contributed by atoms with Crippen LogP contribution in [0.5, 0.6) is 0 Å². The van der Waals surface area contributed by atoms with Crippen molar-refractivity contribution >= 4 is 28.9 Å². The first-order chi connectivity index (χ1) is 12.9. The van der Waals surface area contributed by atoms with E-state index in [9.17, 15) is 4.79 Å². The van der Waals surface area contributed by atoms with E-state index in [2.05, 4.69) is 46.6 Å². The van der Waals surface area contributed by atoms with Crippen molar-refractivity contribution < 1.29 is 4.79 Å². The van der Waals surface area contributed by atoms with Crippen molar-refractivity contribution in [1.82, 2.24) is 9.97 Å². The number of nitrogens with one attached hydrogen (secondary N) is 2. The molecule has 0 saturated carbocycles. The summed E-state index contributed by atoms with van der Waals surface area (Å²) in [6.45, 7) is 7.82. The van der Waals surface area contributed by atoms with E-state index in [1.54, 1.807) is 13.0 Å². The average molecular weight is 360 g/mol. The fourth-order valence-corrected chi connectivity index (χ4v) is 2.73. The molecule has 5 nitrogen and oxygen atoms in total. The lowest BCUT2D eigenvalue weighted by Gasteiger charge is -2.11. The van der Waals surface area contributed by atoms with Gasteiger partial charge in [0.25, 0.3) is 0 Å². The first-order valence-electron chi connectivity index (χ1n) is 9.01. The van der Waals surface area contributed by atoms with Crippen LogP contribution in [0.3, 0.4) is 0 Å². The van der Waals surface area contributed by atoms with E-state index in [0.29, 0.717) is 23.2 Å². The second-order valence-electron chi connectivity index (χ2n) is 6.88. The summed E-state index contributed by atoms with van der Waals surface area (Å²) in [6, 6.07) is 17.5. The maximum atomic E-state index is 11.6. The molecule has 5 heteroatoms. The Bertz CT molecular complexity index is 949. The fraction of sp³-hybridized carbons (Fsp3) is 0.227. The number of Topliss-reactive ketones (excluding diaryl/α,β-unsaturated/α-hetero) is 1. The molecule has 2 aromatic carbocycles. The smallest absolute Gasteiger partial charge is 0.229 e. The molecule has 138 valence electrons. The third-order valence-electron chi connectivity index (χ3n) is 4.23. The van der Waals surface area contributed by atoms with E-state index >= 15 is 0 Å². The summed E-state index contributed by atoms with van der Waals surface area (Å²) in [5.74, 6) is 1.72. The zero-order valence-corrected chi connectivity index (χ0v) is 16.1.